The molecule has 1 amide bonds. The van der Waals surface area contributed by atoms with Gasteiger partial charge < -0.3 is 4.52 Å². The molecule has 0 aromatic heterocycles. The fourth-order valence-corrected chi connectivity index (χ4v) is 5.30. The Balaban J connectivity index is 1.99. The quantitative estimate of drug-likeness (QED) is 0.448. The van der Waals surface area contributed by atoms with Gasteiger partial charge in [0.15, 0.2) is 0 Å². The Labute approximate surface area is 158 Å². The molecule has 7 heteroatoms. The standard InChI is InChI=1S/C20H23N2O4P/c1-2-26-27(25,13-12-16-8-4-3-5-9-16)22-15-18-11-7-6-10-17(18)14-19(22)20(23)21-24/h3-13,19,24H,2,14-15H2,1H3,(H,21,23)/b13-12+/t19-,27?/m1/s1. The van der Waals surface area contributed by atoms with Crippen LogP contribution in [0.5, 0.6) is 0 Å². The van der Waals surface area contributed by atoms with Gasteiger partial charge in [-0.1, -0.05) is 54.6 Å². The van der Waals surface area contributed by atoms with Crippen LogP contribution >= 0.6 is 7.52 Å². The number of nitrogens with one attached hydrogen (secondary N) is 1. The molecule has 1 unspecified atom stereocenters. The highest BCUT2D eigenvalue weighted by Gasteiger charge is 2.41. The smallest absolute Gasteiger partial charge is 0.296 e. The van der Waals surface area contributed by atoms with E-state index in [2.05, 4.69) is 0 Å². The summed E-state index contributed by atoms with van der Waals surface area (Å²) in [5, 5.41) is 9.18. The predicted octanol–water partition coefficient (Wildman–Crippen LogP) is 3.82. The van der Waals surface area contributed by atoms with Crippen molar-refractivity contribution in [1.29, 1.82) is 0 Å². The molecule has 2 aromatic rings. The molecule has 3 rings (SSSR count). The summed E-state index contributed by atoms with van der Waals surface area (Å²) >= 11 is 0. The van der Waals surface area contributed by atoms with E-state index in [1.165, 1.54) is 5.82 Å². The highest BCUT2D eigenvalue weighted by molar-refractivity contribution is 7.60. The van der Waals surface area contributed by atoms with E-state index in [1.54, 1.807) is 23.2 Å². The van der Waals surface area contributed by atoms with Crippen LogP contribution in [0.3, 0.4) is 0 Å². The predicted molar refractivity (Wildman–Crippen MR) is 104 cm³/mol. The molecule has 0 saturated carbocycles. The molecule has 0 fully saturated rings. The summed E-state index contributed by atoms with van der Waals surface area (Å²) in [6.45, 7) is 2.30. The zero-order chi connectivity index (χ0) is 19.3. The van der Waals surface area contributed by atoms with Crippen molar-refractivity contribution in [2.75, 3.05) is 6.61 Å². The molecule has 0 saturated heterocycles. The first kappa shape index (κ1) is 19.5. The Kier molecular flexibility index (Phi) is 6.24. The third-order valence-corrected chi connectivity index (χ3v) is 6.85. The minimum atomic E-state index is -3.46. The average Bonchev–Trinajstić information content (AvgIpc) is 2.71. The number of carbonyl (C=O) groups excluding carboxylic acids is 1. The number of benzene rings is 2. The van der Waals surface area contributed by atoms with Crippen LogP contribution in [0.1, 0.15) is 23.6 Å². The van der Waals surface area contributed by atoms with Gasteiger partial charge in [-0.15, -0.1) is 0 Å². The van der Waals surface area contributed by atoms with E-state index in [1.807, 2.05) is 54.6 Å². The van der Waals surface area contributed by atoms with Crippen molar-refractivity contribution in [2.24, 2.45) is 0 Å². The topological polar surface area (TPSA) is 78.9 Å². The zero-order valence-electron chi connectivity index (χ0n) is 15.1. The SMILES string of the molecule is CCOP(=O)(/C=C/c1ccccc1)N1Cc2ccccc2C[C@@H]1C(=O)NO. The summed E-state index contributed by atoms with van der Waals surface area (Å²) in [5.41, 5.74) is 4.58. The molecule has 2 aromatic carbocycles. The normalized spacial score (nSPS) is 19.4. The summed E-state index contributed by atoms with van der Waals surface area (Å²) < 4.78 is 21.0. The van der Waals surface area contributed by atoms with Gasteiger partial charge in [0.05, 0.1) is 6.61 Å². The van der Waals surface area contributed by atoms with Crippen molar-refractivity contribution < 1.29 is 19.1 Å². The highest BCUT2D eigenvalue weighted by atomic mass is 31.2. The maximum atomic E-state index is 13.7. The fraction of sp³-hybridized carbons (Fsp3) is 0.250. The molecule has 1 heterocycles. The van der Waals surface area contributed by atoms with Gasteiger partial charge >= 0.3 is 0 Å². The van der Waals surface area contributed by atoms with E-state index in [-0.39, 0.29) is 6.61 Å². The van der Waals surface area contributed by atoms with E-state index in [4.69, 9.17) is 4.52 Å². The van der Waals surface area contributed by atoms with Crippen LogP contribution in [0, 0.1) is 0 Å². The first-order chi connectivity index (χ1) is 13.1. The fourth-order valence-electron chi connectivity index (χ4n) is 3.24. The number of amides is 1. The Hall–Kier alpha value is -2.24. The summed E-state index contributed by atoms with van der Waals surface area (Å²) in [6, 6.07) is 16.4. The number of fused-ring (bicyclic) bond motifs is 1. The second-order valence-electron chi connectivity index (χ2n) is 6.27. The lowest BCUT2D eigenvalue weighted by atomic mass is 9.95. The minimum Gasteiger partial charge on any atom is -0.315 e. The lowest BCUT2D eigenvalue weighted by molar-refractivity contribution is -0.133. The molecule has 0 bridgehead atoms. The van der Waals surface area contributed by atoms with Crippen LogP contribution in [-0.4, -0.2) is 28.4 Å². The number of rotatable bonds is 6. The third kappa shape index (κ3) is 4.37. The van der Waals surface area contributed by atoms with Gasteiger partial charge in [-0.3, -0.25) is 14.6 Å². The maximum absolute atomic E-state index is 13.7. The Morgan fingerprint density at radius 2 is 1.89 bits per heavy atom. The molecule has 0 radical (unpaired) electrons. The maximum Gasteiger partial charge on any atom is 0.296 e. The van der Waals surface area contributed by atoms with Crippen molar-refractivity contribution >= 4 is 19.5 Å². The zero-order valence-corrected chi connectivity index (χ0v) is 16.0. The van der Waals surface area contributed by atoms with Gasteiger partial charge in [0.1, 0.15) is 6.04 Å². The molecule has 1 aliphatic heterocycles. The van der Waals surface area contributed by atoms with Gasteiger partial charge in [-0.2, -0.15) is 0 Å². The summed E-state index contributed by atoms with van der Waals surface area (Å²) in [5.74, 6) is 0.940. The van der Waals surface area contributed by atoms with E-state index in [0.717, 1.165) is 16.7 Å². The van der Waals surface area contributed by atoms with Gasteiger partial charge in [0, 0.05) is 12.4 Å². The van der Waals surface area contributed by atoms with E-state index in [0.29, 0.717) is 13.0 Å². The van der Waals surface area contributed by atoms with Crippen LogP contribution in [-0.2, 0) is 26.8 Å². The minimum absolute atomic E-state index is 0.238. The molecule has 2 N–H and O–H groups in total. The Bertz CT molecular complexity index is 869. The van der Waals surface area contributed by atoms with Gasteiger partial charge in [-0.25, -0.2) is 10.2 Å². The van der Waals surface area contributed by atoms with Crippen LogP contribution in [0.4, 0.5) is 0 Å². The molecule has 0 aliphatic carbocycles. The van der Waals surface area contributed by atoms with Gasteiger partial charge in [-0.05, 0) is 36.1 Å². The molecule has 6 nitrogen and oxygen atoms in total. The van der Waals surface area contributed by atoms with Crippen LogP contribution in [0.2, 0.25) is 0 Å². The van der Waals surface area contributed by atoms with Crippen molar-refractivity contribution in [3.05, 3.63) is 77.1 Å². The van der Waals surface area contributed by atoms with E-state index >= 15 is 0 Å². The van der Waals surface area contributed by atoms with E-state index in [9.17, 15) is 14.6 Å². The van der Waals surface area contributed by atoms with Crippen LogP contribution in [0.25, 0.3) is 6.08 Å². The van der Waals surface area contributed by atoms with Crippen LogP contribution in [0.15, 0.2) is 60.4 Å². The first-order valence-corrected chi connectivity index (χ1v) is 10.5. The van der Waals surface area contributed by atoms with Crippen molar-refractivity contribution in [3.63, 3.8) is 0 Å². The molecule has 27 heavy (non-hydrogen) atoms. The number of hydrogen-bond acceptors (Lipinski definition) is 4. The Morgan fingerprint density at radius 1 is 1.22 bits per heavy atom. The molecule has 0 spiro atoms. The van der Waals surface area contributed by atoms with Crippen molar-refractivity contribution in [1.82, 2.24) is 10.2 Å². The van der Waals surface area contributed by atoms with Crippen molar-refractivity contribution in [2.45, 2.75) is 25.9 Å². The molecule has 142 valence electrons. The molecule has 2 atom stereocenters. The number of hydrogen-bond donors (Lipinski definition) is 2. The number of carbonyl (C=O) groups is 1. The third-order valence-electron chi connectivity index (χ3n) is 4.56. The molecular formula is C20H23N2O4P. The highest BCUT2D eigenvalue weighted by Crippen LogP contribution is 2.56. The number of nitrogens with zero attached hydrogens (tertiary/aromatic N) is 1. The number of hydroxylamine groups is 1. The largest absolute Gasteiger partial charge is 0.315 e. The second kappa shape index (κ2) is 8.63. The first-order valence-electron chi connectivity index (χ1n) is 8.84. The monoisotopic (exact) mass is 386 g/mol. The summed E-state index contributed by atoms with van der Waals surface area (Å²) in [6.07, 6.45) is 2.09. The van der Waals surface area contributed by atoms with Crippen LogP contribution < -0.4 is 5.48 Å². The second-order valence-corrected chi connectivity index (χ2v) is 8.47. The van der Waals surface area contributed by atoms with E-state index < -0.39 is 19.5 Å². The van der Waals surface area contributed by atoms with Gasteiger partial charge in [0.25, 0.3) is 13.4 Å². The summed E-state index contributed by atoms with van der Waals surface area (Å²) in [7, 11) is -3.46. The summed E-state index contributed by atoms with van der Waals surface area (Å²) in [4.78, 5) is 12.3. The molecular weight excluding hydrogens is 363 g/mol. The lowest BCUT2D eigenvalue weighted by Gasteiger charge is -2.38. The lowest BCUT2D eigenvalue weighted by Crippen LogP contribution is -2.48. The molecule has 1 aliphatic rings. The average molecular weight is 386 g/mol. The van der Waals surface area contributed by atoms with Crippen molar-refractivity contribution in [3.8, 4) is 0 Å². The Morgan fingerprint density at radius 3 is 2.56 bits per heavy atom. The van der Waals surface area contributed by atoms with Gasteiger partial charge in [0.2, 0.25) is 0 Å².